The van der Waals surface area contributed by atoms with E-state index >= 15 is 0 Å². The van der Waals surface area contributed by atoms with Crippen molar-refractivity contribution in [2.45, 2.75) is 58.7 Å². The molecule has 1 aliphatic carbocycles. The molecule has 1 aliphatic rings. The predicted octanol–water partition coefficient (Wildman–Crippen LogP) is 4.12. The van der Waals surface area contributed by atoms with Gasteiger partial charge >= 0.3 is 0 Å². The molecule has 3 atom stereocenters. The first kappa shape index (κ1) is 14.4. The average Bonchev–Trinajstić information content (AvgIpc) is 2.36. The third kappa shape index (κ3) is 2.79. The first-order chi connectivity index (χ1) is 8.95. The van der Waals surface area contributed by atoms with Gasteiger partial charge in [0.25, 0.3) is 0 Å². The van der Waals surface area contributed by atoms with Crippen LogP contribution in [0.25, 0.3) is 0 Å². The molecule has 0 spiro atoms. The van der Waals surface area contributed by atoms with Crippen molar-refractivity contribution in [3.05, 3.63) is 29.8 Å². The molecule has 0 aliphatic heterocycles. The van der Waals surface area contributed by atoms with Gasteiger partial charge in [-0.15, -0.1) is 0 Å². The third-order valence-electron chi connectivity index (χ3n) is 4.54. The molecule has 2 heteroatoms. The molecule has 3 unspecified atom stereocenters. The molecule has 19 heavy (non-hydrogen) atoms. The van der Waals surface area contributed by atoms with Gasteiger partial charge in [0.2, 0.25) is 0 Å². The van der Waals surface area contributed by atoms with Crippen LogP contribution in [0.4, 0.5) is 0 Å². The fourth-order valence-electron chi connectivity index (χ4n) is 3.20. The Labute approximate surface area is 116 Å². The summed E-state index contributed by atoms with van der Waals surface area (Å²) in [5.41, 5.74) is 0.214. The minimum absolute atomic E-state index is 0.126. The summed E-state index contributed by atoms with van der Waals surface area (Å²) in [4.78, 5) is 0. The highest BCUT2D eigenvalue weighted by molar-refractivity contribution is 5.39. The number of para-hydroxylation sites is 1. The van der Waals surface area contributed by atoms with E-state index in [9.17, 15) is 5.11 Å². The van der Waals surface area contributed by atoms with Gasteiger partial charge in [0, 0.05) is 5.56 Å². The van der Waals surface area contributed by atoms with E-state index < -0.39 is 5.60 Å². The Hall–Kier alpha value is -1.02. The molecule has 1 aromatic rings. The lowest BCUT2D eigenvalue weighted by molar-refractivity contribution is -0.0707. The molecular formula is C17H26O2. The average molecular weight is 262 g/mol. The maximum Gasteiger partial charge on any atom is 0.125 e. The van der Waals surface area contributed by atoms with Crippen LogP contribution in [0.2, 0.25) is 0 Å². The van der Waals surface area contributed by atoms with E-state index in [0.29, 0.717) is 5.92 Å². The van der Waals surface area contributed by atoms with Crippen molar-refractivity contribution in [3.63, 3.8) is 0 Å². The summed E-state index contributed by atoms with van der Waals surface area (Å²) < 4.78 is 5.89. The summed E-state index contributed by atoms with van der Waals surface area (Å²) in [6, 6.07) is 7.96. The Morgan fingerprint density at radius 3 is 2.63 bits per heavy atom. The molecule has 0 heterocycles. The lowest BCUT2D eigenvalue weighted by Crippen LogP contribution is -2.40. The van der Waals surface area contributed by atoms with Crippen molar-refractivity contribution < 1.29 is 9.84 Å². The lowest BCUT2D eigenvalue weighted by atomic mass is 9.67. The second-order valence-corrected chi connectivity index (χ2v) is 6.25. The van der Waals surface area contributed by atoms with Gasteiger partial charge < -0.3 is 9.84 Å². The van der Waals surface area contributed by atoms with Crippen molar-refractivity contribution in [3.8, 4) is 5.75 Å². The monoisotopic (exact) mass is 262 g/mol. The van der Waals surface area contributed by atoms with E-state index in [1.54, 1.807) is 0 Å². The third-order valence-corrected chi connectivity index (χ3v) is 4.54. The Bertz CT molecular complexity index is 427. The van der Waals surface area contributed by atoms with Crippen LogP contribution < -0.4 is 4.74 Å². The Morgan fingerprint density at radius 1 is 1.26 bits per heavy atom. The number of aliphatic hydroxyl groups is 1. The topological polar surface area (TPSA) is 29.5 Å². The van der Waals surface area contributed by atoms with E-state index in [0.717, 1.165) is 24.2 Å². The highest BCUT2D eigenvalue weighted by Gasteiger charge is 2.42. The van der Waals surface area contributed by atoms with Crippen LogP contribution in [0.3, 0.4) is 0 Å². The summed E-state index contributed by atoms with van der Waals surface area (Å²) in [7, 11) is 0. The Kier molecular flexibility index (Phi) is 4.19. The first-order valence-corrected chi connectivity index (χ1v) is 7.43. The van der Waals surface area contributed by atoms with Crippen LogP contribution in [-0.4, -0.2) is 11.2 Å². The van der Waals surface area contributed by atoms with Crippen LogP contribution in [-0.2, 0) is 5.60 Å². The van der Waals surface area contributed by atoms with Crippen molar-refractivity contribution in [1.82, 2.24) is 0 Å². The van der Waals surface area contributed by atoms with Gasteiger partial charge in [-0.05, 0) is 44.6 Å². The lowest BCUT2D eigenvalue weighted by Gasteiger charge is -2.43. The second kappa shape index (κ2) is 5.54. The van der Waals surface area contributed by atoms with Crippen molar-refractivity contribution in [2.75, 3.05) is 0 Å². The fourth-order valence-corrected chi connectivity index (χ4v) is 3.20. The zero-order valence-electron chi connectivity index (χ0n) is 12.5. The largest absolute Gasteiger partial charge is 0.491 e. The number of hydrogen-bond acceptors (Lipinski definition) is 2. The minimum atomic E-state index is -0.747. The molecule has 1 saturated carbocycles. The maximum absolute atomic E-state index is 11.2. The van der Waals surface area contributed by atoms with Gasteiger partial charge in [0.1, 0.15) is 5.75 Å². The van der Waals surface area contributed by atoms with E-state index in [2.05, 4.69) is 13.8 Å². The van der Waals surface area contributed by atoms with Crippen molar-refractivity contribution in [1.29, 1.82) is 0 Å². The second-order valence-electron chi connectivity index (χ2n) is 6.25. The van der Waals surface area contributed by atoms with E-state index in [1.807, 2.05) is 38.1 Å². The Balaban J connectivity index is 2.39. The smallest absolute Gasteiger partial charge is 0.125 e. The molecule has 0 radical (unpaired) electrons. The zero-order valence-corrected chi connectivity index (χ0v) is 12.5. The molecule has 0 bridgehead atoms. The summed E-state index contributed by atoms with van der Waals surface area (Å²) in [5.74, 6) is 1.64. The van der Waals surface area contributed by atoms with Crippen LogP contribution in [0, 0.1) is 11.8 Å². The minimum Gasteiger partial charge on any atom is -0.491 e. The number of hydrogen-bond donors (Lipinski definition) is 1. The number of benzene rings is 1. The van der Waals surface area contributed by atoms with Gasteiger partial charge in [-0.2, -0.15) is 0 Å². The van der Waals surface area contributed by atoms with Gasteiger partial charge in [-0.3, -0.25) is 0 Å². The molecule has 2 rings (SSSR count). The van der Waals surface area contributed by atoms with Gasteiger partial charge in [0.05, 0.1) is 11.7 Å². The maximum atomic E-state index is 11.2. The van der Waals surface area contributed by atoms with Crippen LogP contribution in [0.15, 0.2) is 24.3 Å². The standard InChI is InChI=1S/C17H26O2/c1-12(2)19-16-10-6-5-9-15(16)17(18)11-7-8-13(3)14(17)4/h5-6,9-10,12-14,18H,7-8,11H2,1-4H3. The highest BCUT2D eigenvalue weighted by Crippen LogP contribution is 2.47. The molecule has 106 valence electrons. The molecular weight excluding hydrogens is 236 g/mol. The summed E-state index contributed by atoms with van der Waals surface area (Å²) in [6.07, 6.45) is 3.24. The number of rotatable bonds is 3. The molecule has 0 amide bonds. The van der Waals surface area contributed by atoms with Crippen LogP contribution in [0.1, 0.15) is 52.5 Å². The molecule has 1 N–H and O–H groups in total. The quantitative estimate of drug-likeness (QED) is 0.888. The summed E-state index contributed by atoms with van der Waals surface area (Å²) in [5, 5.41) is 11.2. The van der Waals surface area contributed by atoms with Crippen LogP contribution in [0.5, 0.6) is 5.75 Å². The van der Waals surface area contributed by atoms with Crippen LogP contribution >= 0.6 is 0 Å². The highest BCUT2D eigenvalue weighted by atomic mass is 16.5. The van der Waals surface area contributed by atoms with Gasteiger partial charge in [-0.1, -0.05) is 38.5 Å². The number of ether oxygens (including phenoxy) is 1. The zero-order chi connectivity index (χ0) is 14.0. The summed E-state index contributed by atoms with van der Waals surface area (Å²) >= 11 is 0. The fraction of sp³-hybridized carbons (Fsp3) is 0.647. The molecule has 2 nitrogen and oxygen atoms in total. The Morgan fingerprint density at radius 2 is 1.95 bits per heavy atom. The SMILES string of the molecule is CC(C)Oc1ccccc1C1(O)CCCC(C)C1C. The summed E-state index contributed by atoms with van der Waals surface area (Å²) in [6.45, 7) is 8.44. The predicted molar refractivity (Wildman–Crippen MR) is 78.3 cm³/mol. The van der Waals surface area contributed by atoms with Crippen molar-refractivity contribution in [2.24, 2.45) is 11.8 Å². The van der Waals surface area contributed by atoms with Crippen molar-refractivity contribution >= 4 is 0 Å². The van der Waals surface area contributed by atoms with Gasteiger partial charge in [-0.25, -0.2) is 0 Å². The molecule has 0 aromatic heterocycles. The van der Waals surface area contributed by atoms with E-state index in [-0.39, 0.29) is 12.0 Å². The molecule has 1 fully saturated rings. The van der Waals surface area contributed by atoms with E-state index in [1.165, 1.54) is 6.42 Å². The molecule has 0 saturated heterocycles. The van der Waals surface area contributed by atoms with Gasteiger partial charge in [0.15, 0.2) is 0 Å². The van der Waals surface area contributed by atoms with E-state index in [4.69, 9.17) is 4.74 Å². The molecule has 1 aromatic carbocycles. The normalized spacial score (nSPS) is 31.5. The first-order valence-electron chi connectivity index (χ1n) is 7.43.